The smallest absolute Gasteiger partial charge is 0.291 e. The third-order valence-electron chi connectivity index (χ3n) is 1.33. The number of aryl methyl sites for hydroxylation is 1. The minimum Gasteiger partial charge on any atom is -0.337 e. The van der Waals surface area contributed by atoms with Gasteiger partial charge in [-0.15, -0.1) is 10.1 Å². The SMILES string of the molecule is CCCCn1ccnc1.O=[N+]([O-])O. The molecule has 0 aliphatic heterocycles. The van der Waals surface area contributed by atoms with Crippen LogP contribution in [0.5, 0.6) is 0 Å². The van der Waals surface area contributed by atoms with Crippen molar-refractivity contribution in [3.8, 4) is 0 Å². The Morgan fingerprint density at radius 3 is 2.69 bits per heavy atom. The van der Waals surface area contributed by atoms with Crippen LogP contribution in [-0.2, 0) is 6.54 Å². The Balaban J connectivity index is 0.000000310. The Morgan fingerprint density at radius 1 is 1.69 bits per heavy atom. The fourth-order valence-electron chi connectivity index (χ4n) is 0.760. The number of aromatic nitrogens is 2. The quantitative estimate of drug-likeness (QED) is 0.571. The predicted octanol–water partition coefficient (Wildman–Crippen LogP) is 1.34. The lowest BCUT2D eigenvalue weighted by Crippen LogP contribution is -1.92. The molecule has 0 aliphatic rings. The number of rotatable bonds is 3. The highest BCUT2D eigenvalue weighted by molar-refractivity contribution is 4.73. The van der Waals surface area contributed by atoms with Crippen LogP contribution in [0.2, 0.25) is 0 Å². The Labute approximate surface area is 75.9 Å². The van der Waals surface area contributed by atoms with E-state index in [1.807, 2.05) is 18.7 Å². The molecule has 0 saturated carbocycles. The van der Waals surface area contributed by atoms with Crippen molar-refractivity contribution in [2.45, 2.75) is 26.3 Å². The first kappa shape index (κ1) is 11.4. The first-order valence-corrected chi connectivity index (χ1v) is 3.95. The largest absolute Gasteiger partial charge is 0.337 e. The molecule has 6 heteroatoms. The molecule has 13 heavy (non-hydrogen) atoms. The zero-order valence-electron chi connectivity index (χ0n) is 7.46. The van der Waals surface area contributed by atoms with Crippen LogP contribution in [0.4, 0.5) is 0 Å². The van der Waals surface area contributed by atoms with Crippen molar-refractivity contribution in [3.05, 3.63) is 28.8 Å². The van der Waals surface area contributed by atoms with Gasteiger partial charge < -0.3 is 9.77 Å². The normalized spacial score (nSPS) is 8.69. The number of nitrogens with zero attached hydrogens (tertiary/aromatic N) is 3. The molecule has 0 unspecified atom stereocenters. The molecule has 0 radical (unpaired) electrons. The minimum atomic E-state index is -1.50. The summed E-state index contributed by atoms with van der Waals surface area (Å²) in [5, 5.41) is 13.6. The molecule has 1 aromatic heterocycles. The molecular weight excluding hydrogens is 174 g/mol. The van der Waals surface area contributed by atoms with E-state index in [1.54, 1.807) is 0 Å². The van der Waals surface area contributed by atoms with Crippen molar-refractivity contribution in [2.75, 3.05) is 0 Å². The van der Waals surface area contributed by atoms with Gasteiger partial charge in [0.25, 0.3) is 5.09 Å². The van der Waals surface area contributed by atoms with E-state index in [1.165, 1.54) is 12.8 Å². The highest BCUT2D eigenvalue weighted by Crippen LogP contribution is 1.92. The van der Waals surface area contributed by atoms with E-state index in [9.17, 15) is 0 Å². The standard InChI is InChI=1S/C7H12N2.HNO3/c1-2-3-5-9-6-4-8-7-9;2-1(3)4/h4,6-7H,2-3,5H2,1H3;(H,2,3,4). The third kappa shape index (κ3) is 8.32. The van der Waals surface area contributed by atoms with Crippen LogP contribution in [0, 0.1) is 10.1 Å². The fraction of sp³-hybridized carbons (Fsp3) is 0.571. The maximum Gasteiger partial charge on any atom is 0.291 e. The molecule has 1 aromatic rings. The summed E-state index contributed by atoms with van der Waals surface area (Å²) in [4.78, 5) is 12.3. The van der Waals surface area contributed by atoms with Gasteiger partial charge in [-0.25, -0.2) is 4.98 Å². The van der Waals surface area contributed by atoms with Crippen molar-refractivity contribution in [3.63, 3.8) is 0 Å². The molecule has 0 amide bonds. The van der Waals surface area contributed by atoms with Gasteiger partial charge in [-0.1, -0.05) is 13.3 Å². The van der Waals surface area contributed by atoms with Gasteiger partial charge in [0.05, 0.1) is 6.33 Å². The van der Waals surface area contributed by atoms with Crippen molar-refractivity contribution in [1.82, 2.24) is 9.55 Å². The van der Waals surface area contributed by atoms with Gasteiger partial charge in [-0.3, -0.25) is 0 Å². The molecule has 0 fully saturated rings. The van der Waals surface area contributed by atoms with E-state index in [0.29, 0.717) is 0 Å². The maximum atomic E-state index is 8.36. The summed E-state index contributed by atoms with van der Waals surface area (Å²) < 4.78 is 2.10. The Kier molecular flexibility index (Phi) is 6.21. The van der Waals surface area contributed by atoms with E-state index >= 15 is 0 Å². The Bertz CT molecular complexity index is 219. The summed E-state index contributed by atoms with van der Waals surface area (Å²) >= 11 is 0. The average Bonchev–Trinajstić information content (AvgIpc) is 2.51. The van der Waals surface area contributed by atoms with Gasteiger partial charge >= 0.3 is 0 Å². The minimum absolute atomic E-state index is 1.11. The summed E-state index contributed by atoms with van der Waals surface area (Å²) in [7, 11) is 0. The third-order valence-corrected chi connectivity index (χ3v) is 1.33. The fourth-order valence-corrected chi connectivity index (χ4v) is 0.760. The van der Waals surface area contributed by atoms with Gasteiger partial charge in [0.1, 0.15) is 0 Å². The molecule has 6 nitrogen and oxygen atoms in total. The molecule has 0 spiro atoms. The molecule has 1 rings (SSSR count). The summed E-state index contributed by atoms with van der Waals surface area (Å²) in [6.45, 7) is 3.30. The zero-order valence-corrected chi connectivity index (χ0v) is 7.46. The van der Waals surface area contributed by atoms with Crippen molar-refractivity contribution in [2.24, 2.45) is 0 Å². The van der Waals surface area contributed by atoms with E-state index in [0.717, 1.165) is 6.54 Å². The van der Waals surface area contributed by atoms with Crippen LogP contribution >= 0.6 is 0 Å². The van der Waals surface area contributed by atoms with Crippen molar-refractivity contribution in [1.29, 1.82) is 0 Å². The molecule has 0 atom stereocenters. The predicted molar refractivity (Wildman–Crippen MR) is 45.9 cm³/mol. The lowest BCUT2D eigenvalue weighted by molar-refractivity contribution is -0.742. The van der Waals surface area contributed by atoms with Crippen molar-refractivity contribution < 1.29 is 10.3 Å². The molecule has 0 bridgehead atoms. The highest BCUT2D eigenvalue weighted by atomic mass is 16.9. The summed E-state index contributed by atoms with van der Waals surface area (Å²) in [6, 6.07) is 0. The van der Waals surface area contributed by atoms with E-state index in [4.69, 9.17) is 15.3 Å². The van der Waals surface area contributed by atoms with Gasteiger partial charge in [0, 0.05) is 18.9 Å². The van der Waals surface area contributed by atoms with E-state index < -0.39 is 5.09 Å². The molecule has 0 aliphatic carbocycles. The lowest BCUT2D eigenvalue weighted by atomic mass is 10.3. The second-order valence-electron chi connectivity index (χ2n) is 2.39. The second-order valence-corrected chi connectivity index (χ2v) is 2.39. The Hall–Kier alpha value is -1.59. The maximum absolute atomic E-state index is 8.36. The second kappa shape index (κ2) is 7.08. The number of hydrogen-bond acceptors (Lipinski definition) is 3. The molecule has 1 heterocycles. The number of imidazole rings is 1. The van der Waals surface area contributed by atoms with Gasteiger partial charge in [0.2, 0.25) is 0 Å². The van der Waals surface area contributed by atoms with Gasteiger partial charge in [-0.2, -0.15) is 0 Å². The number of unbranched alkanes of at least 4 members (excludes halogenated alkanes) is 1. The molecule has 0 saturated heterocycles. The lowest BCUT2D eigenvalue weighted by Gasteiger charge is -1.96. The first-order chi connectivity index (χ1) is 6.16. The van der Waals surface area contributed by atoms with E-state index in [-0.39, 0.29) is 0 Å². The first-order valence-electron chi connectivity index (χ1n) is 3.95. The highest BCUT2D eigenvalue weighted by Gasteiger charge is 1.85. The average molecular weight is 187 g/mol. The van der Waals surface area contributed by atoms with Crippen LogP contribution in [0.25, 0.3) is 0 Å². The van der Waals surface area contributed by atoms with Crippen LogP contribution in [0.15, 0.2) is 18.7 Å². The van der Waals surface area contributed by atoms with Crippen LogP contribution in [0.3, 0.4) is 0 Å². The molecular formula is C7H13N3O3. The van der Waals surface area contributed by atoms with Crippen molar-refractivity contribution >= 4 is 0 Å². The van der Waals surface area contributed by atoms with Crippen LogP contribution < -0.4 is 0 Å². The molecule has 1 N–H and O–H groups in total. The monoisotopic (exact) mass is 187 g/mol. The van der Waals surface area contributed by atoms with Crippen LogP contribution in [-0.4, -0.2) is 19.8 Å². The Morgan fingerprint density at radius 2 is 2.31 bits per heavy atom. The number of hydrogen-bond donors (Lipinski definition) is 1. The van der Waals surface area contributed by atoms with E-state index in [2.05, 4.69) is 16.5 Å². The van der Waals surface area contributed by atoms with Crippen LogP contribution in [0.1, 0.15) is 19.8 Å². The molecule has 0 aromatic carbocycles. The topological polar surface area (TPSA) is 81.2 Å². The zero-order chi connectivity index (χ0) is 10.1. The summed E-state index contributed by atoms with van der Waals surface area (Å²) in [5.41, 5.74) is 0. The molecule has 74 valence electrons. The summed E-state index contributed by atoms with van der Waals surface area (Å²) in [6.07, 6.45) is 8.16. The van der Waals surface area contributed by atoms with Gasteiger partial charge in [0.15, 0.2) is 0 Å². The van der Waals surface area contributed by atoms with Gasteiger partial charge in [-0.05, 0) is 6.42 Å². The summed E-state index contributed by atoms with van der Waals surface area (Å²) in [5.74, 6) is 0.